The zero-order chi connectivity index (χ0) is 11.4. The van der Waals surface area contributed by atoms with Crippen LogP contribution in [-0.2, 0) is 11.4 Å². The largest absolute Gasteiger partial charge is 0.504 e. The molecule has 0 aliphatic heterocycles. The van der Waals surface area contributed by atoms with E-state index in [2.05, 4.69) is 26.2 Å². The summed E-state index contributed by atoms with van der Waals surface area (Å²) in [7, 11) is 2.83. The van der Waals surface area contributed by atoms with Crippen LogP contribution < -0.4 is 10.2 Å². The van der Waals surface area contributed by atoms with Gasteiger partial charge in [0.1, 0.15) is 5.82 Å². The smallest absolute Gasteiger partial charge is 0.175 e. The summed E-state index contributed by atoms with van der Waals surface area (Å²) in [4.78, 5) is 4.62. The third-order valence-corrected chi connectivity index (χ3v) is 2.68. The Morgan fingerprint density at radius 3 is 2.73 bits per heavy atom. The Morgan fingerprint density at radius 2 is 2.20 bits per heavy atom. The number of rotatable bonds is 4. The number of aromatic hydroxyl groups is 1. The molecule has 0 spiro atoms. The minimum Gasteiger partial charge on any atom is -0.504 e. The SMILES string of the molecule is CONCc1c(F)cc(O)c(OC)c1Br. The first-order chi connectivity index (χ1) is 7.11. The van der Waals surface area contributed by atoms with E-state index >= 15 is 0 Å². The van der Waals surface area contributed by atoms with Crippen molar-refractivity contribution in [1.82, 2.24) is 5.48 Å². The molecule has 0 heterocycles. The van der Waals surface area contributed by atoms with Crippen molar-refractivity contribution in [3.8, 4) is 11.5 Å². The molecule has 0 atom stereocenters. The molecule has 15 heavy (non-hydrogen) atoms. The summed E-state index contributed by atoms with van der Waals surface area (Å²) in [6.07, 6.45) is 0. The fraction of sp³-hybridized carbons (Fsp3) is 0.333. The normalized spacial score (nSPS) is 10.4. The summed E-state index contributed by atoms with van der Waals surface area (Å²) in [5, 5.41) is 9.38. The molecule has 0 radical (unpaired) electrons. The van der Waals surface area contributed by atoms with Gasteiger partial charge in [0.15, 0.2) is 11.5 Å². The van der Waals surface area contributed by atoms with Crippen molar-refractivity contribution in [2.75, 3.05) is 14.2 Å². The molecule has 0 aliphatic carbocycles. The van der Waals surface area contributed by atoms with E-state index in [0.29, 0.717) is 10.0 Å². The van der Waals surface area contributed by atoms with Gasteiger partial charge < -0.3 is 14.7 Å². The average molecular weight is 280 g/mol. The number of hydrogen-bond acceptors (Lipinski definition) is 4. The van der Waals surface area contributed by atoms with Gasteiger partial charge in [-0.05, 0) is 15.9 Å². The van der Waals surface area contributed by atoms with Crippen molar-refractivity contribution in [2.45, 2.75) is 6.54 Å². The first kappa shape index (κ1) is 12.2. The van der Waals surface area contributed by atoms with Crippen molar-refractivity contribution in [3.63, 3.8) is 0 Å². The van der Waals surface area contributed by atoms with Gasteiger partial charge in [-0.3, -0.25) is 0 Å². The molecular formula is C9H11BrFNO3. The van der Waals surface area contributed by atoms with Crippen LogP contribution in [0.2, 0.25) is 0 Å². The number of hydrogen-bond donors (Lipinski definition) is 2. The minimum absolute atomic E-state index is 0.166. The number of methoxy groups -OCH3 is 1. The monoisotopic (exact) mass is 279 g/mol. The van der Waals surface area contributed by atoms with E-state index in [4.69, 9.17) is 4.74 Å². The Kier molecular flexibility index (Phi) is 4.31. The molecule has 0 unspecified atom stereocenters. The fourth-order valence-corrected chi connectivity index (χ4v) is 1.82. The molecule has 1 rings (SSSR count). The molecule has 0 saturated heterocycles. The number of nitrogens with one attached hydrogen (secondary N) is 1. The molecular weight excluding hydrogens is 269 g/mol. The molecule has 1 aromatic rings. The highest BCUT2D eigenvalue weighted by atomic mass is 79.9. The lowest BCUT2D eigenvalue weighted by Gasteiger charge is -2.12. The Bertz CT molecular complexity index is 360. The molecule has 0 aliphatic rings. The fourth-order valence-electron chi connectivity index (χ4n) is 1.13. The summed E-state index contributed by atoms with van der Waals surface area (Å²) < 4.78 is 18.7. The highest BCUT2D eigenvalue weighted by Crippen LogP contribution is 2.38. The number of benzene rings is 1. The second kappa shape index (κ2) is 5.29. The van der Waals surface area contributed by atoms with Crippen LogP contribution in [0.25, 0.3) is 0 Å². The molecule has 84 valence electrons. The highest BCUT2D eigenvalue weighted by Gasteiger charge is 2.16. The highest BCUT2D eigenvalue weighted by molar-refractivity contribution is 9.10. The topological polar surface area (TPSA) is 50.7 Å². The molecule has 0 amide bonds. The third kappa shape index (κ3) is 2.58. The van der Waals surface area contributed by atoms with Crippen molar-refractivity contribution in [1.29, 1.82) is 0 Å². The Hall–Kier alpha value is -0.850. The molecule has 6 heteroatoms. The second-order valence-electron chi connectivity index (χ2n) is 2.73. The molecule has 2 N–H and O–H groups in total. The lowest BCUT2D eigenvalue weighted by Crippen LogP contribution is -2.13. The summed E-state index contributed by atoms with van der Waals surface area (Å²) in [5.41, 5.74) is 2.84. The Morgan fingerprint density at radius 1 is 1.53 bits per heavy atom. The first-order valence-electron chi connectivity index (χ1n) is 4.11. The standard InChI is InChI=1S/C9H11BrFNO3/c1-14-9-7(13)3-6(11)5(8(9)10)4-12-15-2/h3,12-13H,4H2,1-2H3. The van der Waals surface area contributed by atoms with Gasteiger partial charge in [-0.25, -0.2) is 4.39 Å². The van der Waals surface area contributed by atoms with Crippen LogP contribution in [0.5, 0.6) is 11.5 Å². The van der Waals surface area contributed by atoms with Gasteiger partial charge in [-0.15, -0.1) is 0 Å². The van der Waals surface area contributed by atoms with E-state index in [1.54, 1.807) is 0 Å². The molecule has 0 bridgehead atoms. The van der Waals surface area contributed by atoms with E-state index in [1.165, 1.54) is 14.2 Å². The van der Waals surface area contributed by atoms with Crippen LogP contribution >= 0.6 is 15.9 Å². The maximum Gasteiger partial charge on any atom is 0.175 e. The number of halogens is 2. The predicted octanol–water partition coefficient (Wildman–Crippen LogP) is 1.95. The maximum absolute atomic E-state index is 13.4. The number of phenolic OH excluding ortho intramolecular Hbond substituents is 1. The average Bonchev–Trinajstić information content (AvgIpc) is 2.17. The van der Waals surface area contributed by atoms with Crippen molar-refractivity contribution < 1.29 is 19.1 Å². The summed E-state index contributed by atoms with van der Waals surface area (Å²) >= 11 is 3.15. The van der Waals surface area contributed by atoms with Gasteiger partial charge >= 0.3 is 0 Å². The van der Waals surface area contributed by atoms with Gasteiger partial charge in [0.25, 0.3) is 0 Å². The van der Waals surface area contributed by atoms with Gasteiger partial charge in [-0.1, -0.05) is 0 Å². The number of ether oxygens (including phenoxy) is 1. The number of phenols is 1. The third-order valence-electron chi connectivity index (χ3n) is 1.85. The lowest BCUT2D eigenvalue weighted by molar-refractivity contribution is 0.0857. The van der Waals surface area contributed by atoms with E-state index < -0.39 is 5.82 Å². The second-order valence-corrected chi connectivity index (χ2v) is 3.52. The minimum atomic E-state index is -0.537. The number of hydroxylamine groups is 1. The molecule has 1 aromatic carbocycles. The van der Waals surface area contributed by atoms with Crippen molar-refractivity contribution in [3.05, 3.63) is 21.9 Å². The lowest BCUT2D eigenvalue weighted by atomic mass is 10.2. The quantitative estimate of drug-likeness (QED) is 0.828. The van der Waals surface area contributed by atoms with Crippen LogP contribution in [0.1, 0.15) is 5.56 Å². The molecule has 0 aromatic heterocycles. The Balaban J connectivity index is 3.14. The predicted molar refractivity (Wildman–Crippen MR) is 56.2 cm³/mol. The summed E-state index contributed by atoms with van der Waals surface area (Å²) in [6, 6.07) is 0.996. The maximum atomic E-state index is 13.4. The molecule has 4 nitrogen and oxygen atoms in total. The van der Waals surface area contributed by atoms with Crippen LogP contribution in [0, 0.1) is 5.82 Å². The van der Waals surface area contributed by atoms with Crippen molar-refractivity contribution >= 4 is 15.9 Å². The van der Waals surface area contributed by atoms with Gasteiger partial charge in [0, 0.05) is 11.6 Å². The van der Waals surface area contributed by atoms with Gasteiger partial charge in [0.2, 0.25) is 0 Å². The zero-order valence-electron chi connectivity index (χ0n) is 8.30. The summed E-state index contributed by atoms with van der Waals surface area (Å²) in [5.74, 6) is -0.586. The van der Waals surface area contributed by atoms with Crippen molar-refractivity contribution in [2.24, 2.45) is 0 Å². The van der Waals surface area contributed by atoms with Crippen LogP contribution in [0.15, 0.2) is 10.5 Å². The Labute approximate surface area is 95.1 Å². The van der Waals surface area contributed by atoms with Crippen LogP contribution in [-0.4, -0.2) is 19.3 Å². The zero-order valence-corrected chi connectivity index (χ0v) is 9.89. The van der Waals surface area contributed by atoms with Crippen LogP contribution in [0.4, 0.5) is 4.39 Å². The first-order valence-corrected chi connectivity index (χ1v) is 4.90. The van der Waals surface area contributed by atoms with E-state index in [0.717, 1.165) is 6.07 Å². The van der Waals surface area contributed by atoms with E-state index in [1.807, 2.05) is 0 Å². The van der Waals surface area contributed by atoms with E-state index in [9.17, 15) is 9.50 Å². The van der Waals surface area contributed by atoms with Gasteiger partial charge in [0.05, 0.1) is 25.2 Å². The van der Waals surface area contributed by atoms with Gasteiger partial charge in [-0.2, -0.15) is 5.48 Å². The molecule has 0 fully saturated rings. The molecule has 0 saturated carbocycles. The summed E-state index contributed by atoms with van der Waals surface area (Å²) in [6.45, 7) is 0.166. The van der Waals surface area contributed by atoms with E-state index in [-0.39, 0.29) is 18.0 Å². The van der Waals surface area contributed by atoms with Crippen LogP contribution in [0.3, 0.4) is 0 Å².